The van der Waals surface area contributed by atoms with Crippen LogP contribution < -0.4 is 5.32 Å². The molecule has 1 fully saturated rings. The lowest BCUT2D eigenvalue weighted by Crippen LogP contribution is -2.34. The summed E-state index contributed by atoms with van der Waals surface area (Å²) in [5, 5.41) is 4.16. The van der Waals surface area contributed by atoms with E-state index in [-0.39, 0.29) is 11.9 Å². The van der Waals surface area contributed by atoms with Gasteiger partial charge in [0, 0.05) is 24.3 Å². The van der Waals surface area contributed by atoms with E-state index in [4.69, 9.17) is 4.42 Å². The maximum Gasteiger partial charge on any atom is 0.220 e. The minimum Gasteiger partial charge on any atom is -0.461 e. The second kappa shape index (κ2) is 5.08. The van der Waals surface area contributed by atoms with Crippen molar-refractivity contribution in [3.63, 3.8) is 0 Å². The van der Waals surface area contributed by atoms with Crippen molar-refractivity contribution in [1.82, 2.24) is 5.32 Å². The highest BCUT2D eigenvalue weighted by molar-refractivity contribution is 5.78. The average molecular weight is 257 g/mol. The zero-order valence-corrected chi connectivity index (χ0v) is 11.2. The van der Waals surface area contributed by atoms with Gasteiger partial charge in [-0.1, -0.05) is 18.2 Å². The molecule has 3 nitrogen and oxygen atoms in total. The van der Waals surface area contributed by atoms with Crippen LogP contribution in [0.25, 0.3) is 11.0 Å². The Labute approximate surface area is 113 Å². The zero-order chi connectivity index (χ0) is 13.2. The molecule has 1 aliphatic rings. The van der Waals surface area contributed by atoms with Gasteiger partial charge in [-0.05, 0) is 37.8 Å². The zero-order valence-electron chi connectivity index (χ0n) is 11.2. The van der Waals surface area contributed by atoms with Crippen molar-refractivity contribution >= 4 is 16.9 Å². The van der Waals surface area contributed by atoms with Crippen molar-refractivity contribution in [1.29, 1.82) is 0 Å². The first kappa shape index (κ1) is 12.3. The molecule has 100 valence electrons. The number of hydrogen-bond donors (Lipinski definition) is 1. The molecule has 3 rings (SSSR count). The van der Waals surface area contributed by atoms with Crippen LogP contribution in [-0.4, -0.2) is 11.9 Å². The average Bonchev–Trinajstić information content (AvgIpc) is 3.06. The molecule has 0 saturated heterocycles. The van der Waals surface area contributed by atoms with Gasteiger partial charge in [-0.15, -0.1) is 0 Å². The van der Waals surface area contributed by atoms with Crippen LogP contribution in [0.15, 0.2) is 34.7 Å². The molecule has 1 aliphatic carbocycles. The Hall–Kier alpha value is -1.77. The first-order chi connectivity index (χ1) is 9.20. The molecule has 1 unspecified atom stereocenters. The third-order valence-corrected chi connectivity index (χ3v) is 3.56. The highest BCUT2D eigenvalue weighted by Crippen LogP contribution is 2.32. The summed E-state index contributed by atoms with van der Waals surface area (Å²) < 4.78 is 5.76. The molecule has 1 N–H and O–H groups in total. The number of carbonyl (C=O) groups is 1. The Kier molecular flexibility index (Phi) is 3.28. The number of benzene rings is 1. The van der Waals surface area contributed by atoms with Crippen LogP contribution in [0.2, 0.25) is 0 Å². The molecule has 1 aromatic heterocycles. The molecule has 1 heterocycles. The third kappa shape index (κ3) is 3.16. The van der Waals surface area contributed by atoms with Gasteiger partial charge in [0.15, 0.2) is 0 Å². The minimum atomic E-state index is 0.117. The standard InChI is InChI=1S/C16H19NO2/c1-11(17-16(18)9-12-6-7-12)8-14-10-13-4-2-3-5-15(13)19-14/h2-5,10-12H,6-9H2,1H3,(H,17,18). The van der Waals surface area contributed by atoms with E-state index in [1.165, 1.54) is 12.8 Å². The predicted octanol–water partition coefficient (Wildman–Crippen LogP) is 3.28. The first-order valence-electron chi connectivity index (χ1n) is 6.97. The second-order valence-corrected chi connectivity index (χ2v) is 5.57. The van der Waals surface area contributed by atoms with Crippen molar-refractivity contribution in [2.45, 2.75) is 38.6 Å². The van der Waals surface area contributed by atoms with Crippen LogP contribution in [0.3, 0.4) is 0 Å². The maximum atomic E-state index is 11.7. The van der Waals surface area contributed by atoms with E-state index in [1.54, 1.807) is 0 Å². The Morgan fingerprint density at radius 1 is 1.42 bits per heavy atom. The van der Waals surface area contributed by atoms with Crippen LogP contribution in [0, 0.1) is 5.92 Å². The molecule has 1 atom stereocenters. The third-order valence-electron chi connectivity index (χ3n) is 3.56. The number of fused-ring (bicyclic) bond motifs is 1. The number of hydrogen-bond acceptors (Lipinski definition) is 2. The molecule has 0 radical (unpaired) electrons. The van der Waals surface area contributed by atoms with Gasteiger partial charge in [0.05, 0.1) is 0 Å². The van der Waals surface area contributed by atoms with Crippen molar-refractivity contribution in [2.75, 3.05) is 0 Å². The molecule has 1 amide bonds. The summed E-state index contributed by atoms with van der Waals surface area (Å²) in [5.41, 5.74) is 0.911. The van der Waals surface area contributed by atoms with Gasteiger partial charge in [-0.25, -0.2) is 0 Å². The summed E-state index contributed by atoms with van der Waals surface area (Å²) in [6.45, 7) is 2.03. The van der Waals surface area contributed by atoms with E-state index in [9.17, 15) is 4.79 Å². The summed E-state index contributed by atoms with van der Waals surface area (Å²) >= 11 is 0. The fourth-order valence-electron chi connectivity index (χ4n) is 2.41. The van der Waals surface area contributed by atoms with Gasteiger partial charge >= 0.3 is 0 Å². The minimum absolute atomic E-state index is 0.117. The Bertz CT molecular complexity index is 550. The quantitative estimate of drug-likeness (QED) is 0.893. The van der Waals surface area contributed by atoms with Crippen molar-refractivity contribution in [3.05, 3.63) is 36.1 Å². The number of nitrogens with one attached hydrogen (secondary N) is 1. The normalized spacial score (nSPS) is 16.5. The monoisotopic (exact) mass is 257 g/mol. The largest absolute Gasteiger partial charge is 0.461 e. The number of carbonyl (C=O) groups excluding carboxylic acids is 1. The van der Waals surface area contributed by atoms with Crippen LogP contribution >= 0.6 is 0 Å². The van der Waals surface area contributed by atoms with E-state index >= 15 is 0 Å². The van der Waals surface area contributed by atoms with Gasteiger partial charge in [0.2, 0.25) is 5.91 Å². The van der Waals surface area contributed by atoms with Crippen LogP contribution in [-0.2, 0) is 11.2 Å². The number of para-hydroxylation sites is 1. The molecule has 1 aromatic carbocycles. The Morgan fingerprint density at radius 3 is 2.95 bits per heavy atom. The highest BCUT2D eigenvalue weighted by atomic mass is 16.3. The van der Waals surface area contributed by atoms with Gasteiger partial charge in [-0.2, -0.15) is 0 Å². The lowest BCUT2D eigenvalue weighted by atomic mass is 10.1. The van der Waals surface area contributed by atoms with E-state index < -0.39 is 0 Å². The van der Waals surface area contributed by atoms with Gasteiger partial charge in [0.25, 0.3) is 0 Å². The molecule has 2 aromatic rings. The Morgan fingerprint density at radius 2 is 2.21 bits per heavy atom. The number of furan rings is 1. The van der Waals surface area contributed by atoms with Crippen molar-refractivity contribution in [2.24, 2.45) is 5.92 Å². The van der Waals surface area contributed by atoms with E-state index in [2.05, 4.69) is 11.4 Å². The fraction of sp³-hybridized carbons (Fsp3) is 0.438. The van der Waals surface area contributed by atoms with Gasteiger partial charge in [-0.3, -0.25) is 4.79 Å². The van der Waals surface area contributed by atoms with Crippen LogP contribution in [0.4, 0.5) is 0 Å². The summed E-state index contributed by atoms with van der Waals surface area (Å²) in [4.78, 5) is 11.7. The highest BCUT2D eigenvalue weighted by Gasteiger charge is 2.24. The van der Waals surface area contributed by atoms with E-state index in [0.29, 0.717) is 12.3 Å². The summed E-state index contributed by atoms with van der Waals surface area (Å²) in [7, 11) is 0. The molecule has 1 saturated carbocycles. The SMILES string of the molecule is CC(Cc1cc2ccccc2o1)NC(=O)CC1CC1. The molecule has 3 heteroatoms. The van der Waals surface area contributed by atoms with Crippen molar-refractivity contribution in [3.8, 4) is 0 Å². The van der Waals surface area contributed by atoms with Crippen LogP contribution in [0.1, 0.15) is 31.9 Å². The summed E-state index contributed by atoms with van der Waals surface area (Å²) in [6, 6.07) is 10.2. The molecule has 0 aliphatic heterocycles. The number of rotatable bonds is 5. The maximum absolute atomic E-state index is 11.7. The predicted molar refractivity (Wildman–Crippen MR) is 74.9 cm³/mol. The topological polar surface area (TPSA) is 42.2 Å². The molecule has 0 bridgehead atoms. The first-order valence-corrected chi connectivity index (χ1v) is 6.97. The van der Waals surface area contributed by atoms with Crippen LogP contribution in [0.5, 0.6) is 0 Å². The fourth-order valence-corrected chi connectivity index (χ4v) is 2.41. The summed E-state index contributed by atoms with van der Waals surface area (Å²) in [5.74, 6) is 1.74. The smallest absolute Gasteiger partial charge is 0.220 e. The van der Waals surface area contributed by atoms with Crippen molar-refractivity contribution < 1.29 is 9.21 Å². The molecule has 19 heavy (non-hydrogen) atoms. The molecular weight excluding hydrogens is 238 g/mol. The van der Waals surface area contributed by atoms with Gasteiger partial charge < -0.3 is 9.73 Å². The molecule has 0 spiro atoms. The van der Waals surface area contributed by atoms with E-state index in [0.717, 1.165) is 23.2 Å². The lowest BCUT2D eigenvalue weighted by molar-refractivity contribution is -0.122. The Balaban J connectivity index is 1.58. The summed E-state index contributed by atoms with van der Waals surface area (Å²) in [6.07, 6.45) is 3.85. The second-order valence-electron chi connectivity index (χ2n) is 5.57. The molecular formula is C16H19NO2. The van der Waals surface area contributed by atoms with Gasteiger partial charge in [0.1, 0.15) is 11.3 Å². The lowest BCUT2D eigenvalue weighted by Gasteiger charge is -2.12. The van der Waals surface area contributed by atoms with E-state index in [1.807, 2.05) is 31.2 Å². The number of amides is 1.